The summed E-state index contributed by atoms with van der Waals surface area (Å²) in [6, 6.07) is 10.4. The third kappa shape index (κ3) is 3.19. The van der Waals surface area contributed by atoms with Crippen molar-refractivity contribution in [3.05, 3.63) is 70.0 Å². The standard InChI is InChI=1S/C23H22ClN3O2/c1-14-17(9-15-3-5-16(6-4-15)18-11-25-26(2)12-18)10-20-22(21(14)24)29-19-7-8-27(13-19)23(20)28/h3-6,10-12,19H,7-9,13H2,1-2H3. The zero-order valence-corrected chi connectivity index (χ0v) is 17.2. The van der Waals surface area contributed by atoms with E-state index >= 15 is 0 Å². The molecule has 5 rings (SSSR count). The quantitative estimate of drug-likeness (QED) is 0.652. The number of aryl methyl sites for hydroxylation is 1. The van der Waals surface area contributed by atoms with Crippen molar-refractivity contribution in [3.63, 3.8) is 0 Å². The summed E-state index contributed by atoms with van der Waals surface area (Å²) in [5.41, 5.74) is 6.01. The highest BCUT2D eigenvalue weighted by atomic mass is 35.5. The van der Waals surface area contributed by atoms with Crippen LogP contribution < -0.4 is 4.74 Å². The molecule has 1 fully saturated rings. The minimum absolute atomic E-state index is 0.0232. The summed E-state index contributed by atoms with van der Waals surface area (Å²) in [7, 11) is 1.91. The first kappa shape index (κ1) is 18.3. The topological polar surface area (TPSA) is 47.4 Å². The molecule has 3 aromatic rings. The Hall–Kier alpha value is -2.79. The molecule has 0 spiro atoms. The van der Waals surface area contributed by atoms with Crippen LogP contribution in [-0.2, 0) is 13.5 Å². The number of amides is 1. The largest absolute Gasteiger partial charge is 0.486 e. The van der Waals surface area contributed by atoms with E-state index in [2.05, 4.69) is 29.4 Å². The second kappa shape index (κ2) is 6.92. The predicted molar refractivity (Wildman–Crippen MR) is 113 cm³/mol. The van der Waals surface area contributed by atoms with E-state index in [9.17, 15) is 4.79 Å². The number of hydrogen-bond donors (Lipinski definition) is 0. The molecule has 2 aromatic carbocycles. The molecule has 1 saturated heterocycles. The molecule has 0 radical (unpaired) electrons. The van der Waals surface area contributed by atoms with Crippen LogP contribution in [0, 0.1) is 6.92 Å². The van der Waals surface area contributed by atoms with Gasteiger partial charge in [0.25, 0.3) is 5.91 Å². The minimum Gasteiger partial charge on any atom is -0.486 e. The molecule has 29 heavy (non-hydrogen) atoms. The second-order valence-corrected chi connectivity index (χ2v) is 8.29. The summed E-state index contributed by atoms with van der Waals surface area (Å²) >= 11 is 6.66. The molecule has 5 nitrogen and oxygen atoms in total. The van der Waals surface area contributed by atoms with E-state index in [1.54, 1.807) is 4.68 Å². The molecule has 3 heterocycles. The number of hydrogen-bond acceptors (Lipinski definition) is 3. The summed E-state index contributed by atoms with van der Waals surface area (Å²) in [5, 5.41) is 4.79. The van der Waals surface area contributed by atoms with Gasteiger partial charge < -0.3 is 9.64 Å². The number of fused-ring (bicyclic) bond motifs is 3. The lowest BCUT2D eigenvalue weighted by atomic mass is 9.96. The fraction of sp³-hybridized carbons (Fsp3) is 0.304. The maximum absolute atomic E-state index is 12.9. The molecule has 2 bridgehead atoms. The number of carbonyl (C=O) groups is 1. The minimum atomic E-state index is 0.0232. The maximum Gasteiger partial charge on any atom is 0.257 e. The summed E-state index contributed by atoms with van der Waals surface area (Å²) in [4.78, 5) is 14.8. The number of nitrogens with zero attached hydrogens (tertiary/aromatic N) is 3. The molecule has 2 aliphatic heterocycles. The molecular weight excluding hydrogens is 386 g/mol. The Balaban J connectivity index is 1.47. The van der Waals surface area contributed by atoms with E-state index in [0.717, 1.165) is 35.2 Å². The second-order valence-electron chi connectivity index (χ2n) is 7.91. The Morgan fingerprint density at radius 1 is 1.24 bits per heavy atom. The molecular formula is C23H22ClN3O2. The van der Waals surface area contributed by atoms with Gasteiger partial charge in [-0.2, -0.15) is 5.10 Å². The zero-order chi connectivity index (χ0) is 20.1. The Morgan fingerprint density at radius 3 is 2.76 bits per heavy atom. The Morgan fingerprint density at radius 2 is 2.03 bits per heavy atom. The molecule has 0 N–H and O–H groups in total. The SMILES string of the molecule is Cc1c(Cc2ccc(-c3cnn(C)c3)cc2)cc2c(c1Cl)OC1CCN(C1)C2=O. The van der Waals surface area contributed by atoms with Crippen LogP contribution in [0.2, 0.25) is 5.02 Å². The summed E-state index contributed by atoms with van der Waals surface area (Å²) in [6.07, 6.45) is 5.48. The van der Waals surface area contributed by atoms with E-state index in [4.69, 9.17) is 16.3 Å². The normalized spacial score (nSPS) is 17.8. The van der Waals surface area contributed by atoms with Gasteiger partial charge in [0.2, 0.25) is 0 Å². The van der Waals surface area contributed by atoms with Crippen molar-refractivity contribution >= 4 is 17.5 Å². The highest BCUT2D eigenvalue weighted by molar-refractivity contribution is 6.33. The van der Waals surface area contributed by atoms with Crippen molar-refractivity contribution in [1.82, 2.24) is 14.7 Å². The Kier molecular flexibility index (Phi) is 4.36. The number of carbonyl (C=O) groups excluding carboxylic acids is 1. The van der Waals surface area contributed by atoms with Gasteiger partial charge in [0, 0.05) is 31.8 Å². The van der Waals surface area contributed by atoms with Crippen molar-refractivity contribution in [3.8, 4) is 16.9 Å². The van der Waals surface area contributed by atoms with Crippen LogP contribution in [0.15, 0.2) is 42.7 Å². The average Bonchev–Trinajstić information content (AvgIpc) is 3.33. The number of ether oxygens (including phenoxy) is 1. The number of benzene rings is 2. The highest BCUT2D eigenvalue weighted by Crippen LogP contribution is 2.39. The fourth-order valence-corrected chi connectivity index (χ4v) is 4.45. The molecule has 1 atom stereocenters. The fourth-order valence-electron chi connectivity index (χ4n) is 4.19. The van der Waals surface area contributed by atoms with Gasteiger partial charge in [-0.15, -0.1) is 0 Å². The van der Waals surface area contributed by atoms with E-state index in [1.165, 1.54) is 5.56 Å². The number of aromatic nitrogens is 2. The van der Waals surface area contributed by atoms with Crippen molar-refractivity contribution in [1.29, 1.82) is 0 Å². The summed E-state index contributed by atoms with van der Waals surface area (Å²) < 4.78 is 7.90. The Bertz CT molecular complexity index is 1100. The first-order valence-corrected chi connectivity index (χ1v) is 10.2. The van der Waals surface area contributed by atoms with Crippen LogP contribution in [-0.4, -0.2) is 39.8 Å². The molecule has 2 aliphatic rings. The number of halogens is 1. The predicted octanol–water partition coefficient (Wildman–Crippen LogP) is 4.25. The van der Waals surface area contributed by atoms with Crippen LogP contribution in [0.5, 0.6) is 5.75 Å². The van der Waals surface area contributed by atoms with Crippen LogP contribution in [0.4, 0.5) is 0 Å². The van der Waals surface area contributed by atoms with Crippen molar-refractivity contribution in [2.75, 3.05) is 13.1 Å². The summed E-state index contributed by atoms with van der Waals surface area (Å²) in [6.45, 7) is 3.40. The van der Waals surface area contributed by atoms with Gasteiger partial charge in [-0.05, 0) is 41.7 Å². The first-order valence-electron chi connectivity index (χ1n) is 9.85. The molecule has 0 saturated carbocycles. The van der Waals surface area contributed by atoms with Crippen LogP contribution in [0.3, 0.4) is 0 Å². The molecule has 6 heteroatoms. The molecule has 0 aliphatic carbocycles. The average molecular weight is 408 g/mol. The van der Waals surface area contributed by atoms with Crippen molar-refractivity contribution in [2.24, 2.45) is 7.05 Å². The first-order chi connectivity index (χ1) is 14.0. The maximum atomic E-state index is 12.9. The van der Waals surface area contributed by atoms with Crippen molar-refractivity contribution in [2.45, 2.75) is 25.9 Å². The van der Waals surface area contributed by atoms with E-state index < -0.39 is 0 Å². The van der Waals surface area contributed by atoms with Crippen LogP contribution >= 0.6 is 11.6 Å². The van der Waals surface area contributed by atoms with E-state index in [1.807, 2.05) is 37.3 Å². The molecule has 1 amide bonds. The van der Waals surface area contributed by atoms with E-state index in [-0.39, 0.29) is 12.0 Å². The van der Waals surface area contributed by atoms with Gasteiger partial charge in [-0.3, -0.25) is 9.48 Å². The third-order valence-corrected chi connectivity index (χ3v) is 6.36. The van der Waals surface area contributed by atoms with Crippen LogP contribution in [0.25, 0.3) is 11.1 Å². The highest BCUT2D eigenvalue weighted by Gasteiger charge is 2.36. The molecule has 148 valence electrons. The Labute approximate surface area is 174 Å². The lowest BCUT2D eigenvalue weighted by Crippen LogP contribution is -2.28. The zero-order valence-electron chi connectivity index (χ0n) is 16.5. The van der Waals surface area contributed by atoms with Gasteiger partial charge in [0.05, 0.1) is 23.3 Å². The van der Waals surface area contributed by atoms with Crippen LogP contribution in [0.1, 0.15) is 33.5 Å². The lowest BCUT2D eigenvalue weighted by Gasteiger charge is -2.20. The smallest absolute Gasteiger partial charge is 0.257 e. The monoisotopic (exact) mass is 407 g/mol. The van der Waals surface area contributed by atoms with Crippen molar-refractivity contribution < 1.29 is 9.53 Å². The van der Waals surface area contributed by atoms with Gasteiger partial charge in [0.1, 0.15) is 6.10 Å². The molecule has 1 aromatic heterocycles. The van der Waals surface area contributed by atoms with E-state index in [0.29, 0.717) is 29.3 Å². The molecule has 1 unspecified atom stereocenters. The van der Waals surface area contributed by atoms with Gasteiger partial charge >= 0.3 is 0 Å². The van der Waals surface area contributed by atoms with Gasteiger partial charge in [-0.1, -0.05) is 35.9 Å². The summed E-state index contributed by atoms with van der Waals surface area (Å²) in [5.74, 6) is 0.576. The van der Waals surface area contributed by atoms with Gasteiger partial charge in [0.15, 0.2) is 5.75 Å². The number of rotatable bonds is 3. The lowest BCUT2D eigenvalue weighted by molar-refractivity contribution is 0.0792. The van der Waals surface area contributed by atoms with Gasteiger partial charge in [-0.25, -0.2) is 0 Å². The third-order valence-electron chi connectivity index (χ3n) is 5.91.